The summed E-state index contributed by atoms with van der Waals surface area (Å²) in [6.45, 7) is 4.30. The fourth-order valence-corrected chi connectivity index (χ4v) is 3.53. The second kappa shape index (κ2) is 6.00. The van der Waals surface area contributed by atoms with Gasteiger partial charge in [-0.25, -0.2) is 0 Å². The van der Waals surface area contributed by atoms with E-state index in [1.807, 2.05) is 45.2 Å². The molecule has 0 spiro atoms. The number of hydrogen-bond donors (Lipinski definition) is 0. The Morgan fingerprint density at radius 3 is 2.65 bits per heavy atom. The highest BCUT2D eigenvalue weighted by atomic mass is 35.5. The Hall–Kier alpha value is -1.81. The molecule has 1 aliphatic carbocycles. The van der Waals surface area contributed by atoms with Crippen LogP contribution in [0.3, 0.4) is 0 Å². The smallest absolute Gasteiger partial charge is 0.233 e. The molecule has 0 aliphatic heterocycles. The summed E-state index contributed by atoms with van der Waals surface area (Å²) in [4.78, 5) is 14.9. The summed E-state index contributed by atoms with van der Waals surface area (Å²) in [5, 5.41) is 4.64. The summed E-state index contributed by atoms with van der Waals surface area (Å²) < 4.78 is 5.20. The molecule has 1 aromatic heterocycles. The average Bonchev–Trinajstić information content (AvgIpc) is 2.78. The molecule has 0 unspecified atom stereocenters. The van der Waals surface area contributed by atoms with Gasteiger partial charge in [0.25, 0.3) is 0 Å². The summed E-state index contributed by atoms with van der Waals surface area (Å²) in [6.07, 6.45) is 2.81. The first-order valence-corrected chi connectivity index (χ1v) is 8.25. The predicted molar refractivity (Wildman–Crippen MR) is 89.4 cm³/mol. The molecule has 5 heteroatoms. The normalized spacial score (nSPS) is 16.0. The zero-order valence-electron chi connectivity index (χ0n) is 13.7. The SMILES string of the molecule is Cc1noc(C)c1CN(C)C(=O)C1(c2cccc(Cl)c2)CCC1. The minimum Gasteiger partial charge on any atom is -0.361 e. The number of aryl methyl sites for hydroxylation is 2. The molecule has 1 amide bonds. The van der Waals surface area contributed by atoms with Gasteiger partial charge in [0.1, 0.15) is 5.76 Å². The molecule has 0 radical (unpaired) electrons. The lowest BCUT2D eigenvalue weighted by Crippen LogP contribution is -2.49. The third-order valence-electron chi connectivity index (χ3n) is 4.92. The van der Waals surface area contributed by atoms with Crippen molar-refractivity contribution in [3.8, 4) is 0 Å². The molecule has 1 fully saturated rings. The van der Waals surface area contributed by atoms with Crippen LogP contribution in [0, 0.1) is 13.8 Å². The minimum atomic E-state index is -0.432. The molecule has 1 heterocycles. The van der Waals surface area contributed by atoms with Gasteiger partial charge in [-0.05, 0) is 44.4 Å². The standard InChI is InChI=1S/C18H21ClN2O2/c1-12-16(13(2)23-20-12)11-21(3)17(22)18(8-5-9-18)14-6-4-7-15(19)10-14/h4,6-7,10H,5,8-9,11H2,1-3H3. The van der Waals surface area contributed by atoms with E-state index in [-0.39, 0.29) is 5.91 Å². The lowest BCUT2D eigenvalue weighted by atomic mass is 9.63. The Kier molecular flexibility index (Phi) is 4.19. The molecule has 0 N–H and O–H groups in total. The second-order valence-electron chi connectivity index (χ2n) is 6.41. The Balaban J connectivity index is 1.85. The maximum absolute atomic E-state index is 13.1. The van der Waals surface area contributed by atoms with Crippen molar-refractivity contribution in [3.05, 3.63) is 51.9 Å². The lowest BCUT2D eigenvalue weighted by molar-refractivity contribution is -0.140. The fraction of sp³-hybridized carbons (Fsp3) is 0.444. The van der Waals surface area contributed by atoms with Crippen molar-refractivity contribution in [1.29, 1.82) is 0 Å². The van der Waals surface area contributed by atoms with Crippen LogP contribution in [-0.4, -0.2) is 23.0 Å². The van der Waals surface area contributed by atoms with Gasteiger partial charge in [-0.1, -0.05) is 35.3 Å². The van der Waals surface area contributed by atoms with Crippen LogP contribution in [0.25, 0.3) is 0 Å². The van der Waals surface area contributed by atoms with Crippen molar-refractivity contribution in [2.75, 3.05) is 7.05 Å². The van der Waals surface area contributed by atoms with Gasteiger partial charge in [0.15, 0.2) is 0 Å². The molecule has 0 saturated heterocycles. The molecule has 0 atom stereocenters. The number of nitrogens with zero attached hydrogens (tertiary/aromatic N) is 2. The Labute approximate surface area is 141 Å². The van der Waals surface area contributed by atoms with E-state index in [0.717, 1.165) is 41.8 Å². The van der Waals surface area contributed by atoms with Crippen molar-refractivity contribution in [3.63, 3.8) is 0 Å². The van der Waals surface area contributed by atoms with E-state index in [0.29, 0.717) is 11.6 Å². The monoisotopic (exact) mass is 332 g/mol. The van der Waals surface area contributed by atoms with E-state index < -0.39 is 5.41 Å². The highest BCUT2D eigenvalue weighted by molar-refractivity contribution is 6.30. The summed E-state index contributed by atoms with van der Waals surface area (Å²) in [7, 11) is 1.85. The first-order chi connectivity index (χ1) is 10.9. The number of amides is 1. The molecule has 0 bridgehead atoms. The molecular weight excluding hydrogens is 312 g/mol. The predicted octanol–water partition coefficient (Wildman–Crippen LogP) is 4.03. The van der Waals surface area contributed by atoms with Gasteiger partial charge < -0.3 is 9.42 Å². The molecule has 1 aliphatic rings. The summed E-state index contributed by atoms with van der Waals surface area (Å²) in [5.41, 5.74) is 2.42. The number of likely N-dealkylation sites (N-methyl/N-ethyl adjacent to an activating group) is 1. The largest absolute Gasteiger partial charge is 0.361 e. The Morgan fingerprint density at radius 2 is 2.13 bits per heavy atom. The van der Waals surface area contributed by atoms with E-state index >= 15 is 0 Å². The highest BCUT2D eigenvalue weighted by Crippen LogP contribution is 2.45. The van der Waals surface area contributed by atoms with E-state index in [2.05, 4.69) is 5.16 Å². The van der Waals surface area contributed by atoms with Crippen LogP contribution in [-0.2, 0) is 16.8 Å². The average molecular weight is 333 g/mol. The first kappa shape index (κ1) is 16.1. The summed E-state index contributed by atoms with van der Waals surface area (Å²) >= 11 is 6.13. The number of carbonyl (C=O) groups is 1. The molecule has 1 aromatic carbocycles. The molecule has 3 rings (SSSR count). The van der Waals surface area contributed by atoms with Crippen molar-refractivity contribution in [1.82, 2.24) is 10.1 Å². The Morgan fingerprint density at radius 1 is 1.39 bits per heavy atom. The molecule has 23 heavy (non-hydrogen) atoms. The van der Waals surface area contributed by atoms with Gasteiger partial charge in [0, 0.05) is 17.6 Å². The molecule has 1 saturated carbocycles. The topological polar surface area (TPSA) is 46.3 Å². The summed E-state index contributed by atoms with van der Waals surface area (Å²) in [5.74, 6) is 0.915. The van der Waals surface area contributed by atoms with Gasteiger partial charge in [0.2, 0.25) is 5.91 Å². The van der Waals surface area contributed by atoms with Crippen LogP contribution < -0.4 is 0 Å². The number of halogens is 1. The van der Waals surface area contributed by atoms with Crippen LogP contribution in [0.15, 0.2) is 28.8 Å². The Bertz CT molecular complexity index is 715. The quantitative estimate of drug-likeness (QED) is 0.849. The zero-order valence-corrected chi connectivity index (χ0v) is 14.5. The molecular formula is C18H21ClN2O2. The van der Waals surface area contributed by atoms with E-state index in [1.54, 1.807) is 4.90 Å². The third kappa shape index (κ3) is 2.76. The van der Waals surface area contributed by atoms with Crippen molar-refractivity contribution in [2.45, 2.75) is 45.1 Å². The number of rotatable bonds is 4. The third-order valence-corrected chi connectivity index (χ3v) is 5.15. The van der Waals surface area contributed by atoms with Gasteiger partial charge >= 0.3 is 0 Å². The first-order valence-electron chi connectivity index (χ1n) is 7.87. The maximum Gasteiger partial charge on any atom is 0.233 e. The van der Waals surface area contributed by atoms with Crippen LogP contribution in [0.2, 0.25) is 5.02 Å². The van der Waals surface area contributed by atoms with Crippen LogP contribution in [0.1, 0.15) is 41.8 Å². The summed E-state index contributed by atoms with van der Waals surface area (Å²) in [6, 6.07) is 7.68. The number of carbonyl (C=O) groups excluding carboxylic acids is 1. The van der Waals surface area contributed by atoms with Gasteiger partial charge in [-0.3, -0.25) is 4.79 Å². The number of aromatic nitrogens is 1. The fourth-order valence-electron chi connectivity index (χ4n) is 3.34. The minimum absolute atomic E-state index is 0.144. The van der Waals surface area contributed by atoms with Crippen LogP contribution in [0.4, 0.5) is 0 Å². The maximum atomic E-state index is 13.1. The molecule has 2 aromatic rings. The van der Waals surface area contributed by atoms with Gasteiger partial charge in [-0.2, -0.15) is 0 Å². The van der Waals surface area contributed by atoms with E-state index in [9.17, 15) is 4.79 Å². The molecule has 122 valence electrons. The van der Waals surface area contributed by atoms with Crippen LogP contribution >= 0.6 is 11.6 Å². The second-order valence-corrected chi connectivity index (χ2v) is 6.85. The zero-order chi connectivity index (χ0) is 16.6. The highest BCUT2D eigenvalue weighted by Gasteiger charge is 2.47. The van der Waals surface area contributed by atoms with Crippen molar-refractivity contribution < 1.29 is 9.32 Å². The van der Waals surface area contributed by atoms with Gasteiger partial charge in [0.05, 0.1) is 17.7 Å². The van der Waals surface area contributed by atoms with Crippen LogP contribution in [0.5, 0.6) is 0 Å². The van der Waals surface area contributed by atoms with E-state index in [1.165, 1.54) is 0 Å². The lowest BCUT2D eigenvalue weighted by Gasteiger charge is -2.43. The molecule has 4 nitrogen and oxygen atoms in total. The number of benzene rings is 1. The van der Waals surface area contributed by atoms with Crippen molar-refractivity contribution >= 4 is 17.5 Å². The van der Waals surface area contributed by atoms with E-state index in [4.69, 9.17) is 16.1 Å². The van der Waals surface area contributed by atoms with Gasteiger partial charge in [-0.15, -0.1) is 0 Å². The van der Waals surface area contributed by atoms with Crippen molar-refractivity contribution in [2.24, 2.45) is 0 Å². The number of hydrogen-bond acceptors (Lipinski definition) is 3.